The molecule has 3 N–H and O–H groups in total. The molecule has 8 nitrogen and oxygen atoms in total. The number of ether oxygens (including phenoxy) is 2. The lowest BCUT2D eigenvalue weighted by Crippen LogP contribution is -2.44. The van der Waals surface area contributed by atoms with Crippen LogP contribution in [0.3, 0.4) is 0 Å². The van der Waals surface area contributed by atoms with Gasteiger partial charge in [0.15, 0.2) is 0 Å². The predicted octanol–water partition coefficient (Wildman–Crippen LogP) is 3.25. The number of hydrogen-bond donors (Lipinski definition) is 2. The van der Waals surface area contributed by atoms with Crippen LogP contribution in [0.5, 0.6) is 0 Å². The number of nitrogens with two attached hydrogens (primary N) is 1. The average Bonchev–Trinajstić information content (AvgIpc) is 2.90. The Labute approximate surface area is 199 Å². The van der Waals surface area contributed by atoms with Crippen molar-refractivity contribution in [3.8, 4) is 11.1 Å². The normalized spacial score (nSPS) is 17.8. The molecule has 176 valence electrons. The van der Waals surface area contributed by atoms with Crippen LogP contribution in [0.25, 0.3) is 11.1 Å². The first-order chi connectivity index (χ1) is 16.6. The smallest absolute Gasteiger partial charge is 0.235 e. The minimum atomic E-state index is -0.642. The summed E-state index contributed by atoms with van der Waals surface area (Å²) in [5.74, 6) is 0.245. The van der Waals surface area contributed by atoms with E-state index in [4.69, 9.17) is 15.2 Å². The standard InChI is InChI=1S/C26H29N5O3/c27-25-28-17-20(18-29-25)19-1-3-21(4-2-19)26(9-13-33-14-10-26)24(32)30-22-5-7-23(8-6-22)31-11-15-34-16-12-31/h1-8,17-18H,9-16H2,(H,30,32)(H2,27,28,29). The molecule has 0 bridgehead atoms. The van der Waals surface area contributed by atoms with Gasteiger partial charge in [-0.25, -0.2) is 9.97 Å². The van der Waals surface area contributed by atoms with E-state index < -0.39 is 5.41 Å². The summed E-state index contributed by atoms with van der Waals surface area (Å²) in [6.45, 7) is 4.36. The first kappa shape index (κ1) is 22.3. The Kier molecular flexibility index (Phi) is 6.42. The van der Waals surface area contributed by atoms with E-state index in [0.717, 1.165) is 54.4 Å². The van der Waals surface area contributed by atoms with Crippen LogP contribution in [0, 0.1) is 0 Å². The van der Waals surface area contributed by atoms with Gasteiger partial charge in [-0.05, 0) is 48.2 Å². The van der Waals surface area contributed by atoms with Gasteiger partial charge in [-0.15, -0.1) is 0 Å². The molecule has 3 heterocycles. The summed E-state index contributed by atoms with van der Waals surface area (Å²) in [5, 5.41) is 3.16. The largest absolute Gasteiger partial charge is 0.381 e. The molecule has 2 aliphatic heterocycles. The van der Waals surface area contributed by atoms with E-state index in [1.54, 1.807) is 12.4 Å². The Balaban J connectivity index is 1.35. The second-order valence-electron chi connectivity index (χ2n) is 8.70. The average molecular weight is 460 g/mol. The van der Waals surface area contributed by atoms with E-state index in [-0.39, 0.29) is 11.9 Å². The van der Waals surface area contributed by atoms with Crippen molar-refractivity contribution in [1.82, 2.24) is 9.97 Å². The van der Waals surface area contributed by atoms with Crippen molar-refractivity contribution in [1.29, 1.82) is 0 Å². The summed E-state index contributed by atoms with van der Waals surface area (Å²) in [5.41, 5.74) is 9.74. The van der Waals surface area contributed by atoms with Gasteiger partial charge in [0.1, 0.15) is 0 Å². The SMILES string of the molecule is Nc1ncc(-c2ccc(C3(C(=O)Nc4ccc(N5CCOCC5)cc4)CCOCC3)cc2)cn1. The van der Waals surface area contributed by atoms with Gasteiger partial charge < -0.3 is 25.4 Å². The molecule has 34 heavy (non-hydrogen) atoms. The predicted molar refractivity (Wildman–Crippen MR) is 132 cm³/mol. The zero-order chi connectivity index (χ0) is 23.4. The third-order valence-electron chi connectivity index (χ3n) is 6.73. The lowest BCUT2D eigenvalue weighted by molar-refractivity contribution is -0.125. The van der Waals surface area contributed by atoms with Gasteiger partial charge in [-0.3, -0.25) is 4.79 Å². The van der Waals surface area contributed by atoms with Gasteiger partial charge in [0.2, 0.25) is 11.9 Å². The van der Waals surface area contributed by atoms with E-state index in [0.29, 0.717) is 26.1 Å². The highest BCUT2D eigenvalue weighted by atomic mass is 16.5. The Hall–Kier alpha value is -3.49. The maximum absolute atomic E-state index is 13.6. The first-order valence-electron chi connectivity index (χ1n) is 11.6. The molecular formula is C26H29N5O3. The van der Waals surface area contributed by atoms with E-state index >= 15 is 0 Å². The van der Waals surface area contributed by atoms with E-state index in [1.807, 2.05) is 36.4 Å². The second-order valence-corrected chi connectivity index (χ2v) is 8.70. The highest BCUT2D eigenvalue weighted by Gasteiger charge is 2.41. The molecule has 1 amide bonds. The fourth-order valence-corrected chi connectivity index (χ4v) is 4.66. The molecule has 0 atom stereocenters. The zero-order valence-corrected chi connectivity index (χ0v) is 19.1. The number of nitrogens with one attached hydrogen (secondary N) is 1. The van der Waals surface area contributed by atoms with Crippen LogP contribution in [0.1, 0.15) is 18.4 Å². The van der Waals surface area contributed by atoms with Gasteiger partial charge >= 0.3 is 0 Å². The number of carbonyl (C=O) groups is 1. The molecule has 0 spiro atoms. The molecule has 0 unspecified atom stereocenters. The molecule has 0 aliphatic carbocycles. The maximum atomic E-state index is 13.6. The number of aromatic nitrogens is 2. The maximum Gasteiger partial charge on any atom is 0.235 e. The van der Waals surface area contributed by atoms with E-state index in [9.17, 15) is 4.79 Å². The summed E-state index contributed by atoms with van der Waals surface area (Å²) in [7, 11) is 0. The molecule has 2 fully saturated rings. The number of nitrogen functional groups attached to an aromatic ring is 1. The second kappa shape index (κ2) is 9.79. The summed E-state index contributed by atoms with van der Waals surface area (Å²) in [6.07, 6.45) is 4.67. The van der Waals surface area contributed by atoms with Crippen molar-refractivity contribution in [3.63, 3.8) is 0 Å². The highest BCUT2D eigenvalue weighted by Crippen LogP contribution is 2.37. The molecule has 0 saturated carbocycles. The molecule has 0 radical (unpaired) electrons. The number of rotatable bonds is 5. The molecule has 5 rings (SSSR count). The number of amides is 1. The van der Waals surface area contributed by atoms with Crippen LogP contribution >= 0.6 is 0 Å². The Morgan fingerprint density at radius 3 is 2.12 bits per heavy atom. The van der Waals surface area contributed by atoms with E-state index in [2.05, 4.69) is 32.3 Å². The number of anilines is 3. The molecule has 3 aromatic rings. The van der Waals surface area contributed by atoms with Gasteiger partial charge in [0, 0.05) is 55.6 Å². The number of carbonyl (C=O) groups excluding carboxylic acids is 1. The number of nitrogens with zero attached hydrogens (tertiary/aromatic N) is 3. The van der Waals surface area contributed by atoms with Crippen LogP contribution in [-0.2, 0) is 19.7 Å². The zero-order valence-electron chi connectivity index (χ0n) is 19.1. The topological polar surface area (TPSA) is 103 Å². The molecule has 2 aliphatic rings. The van der Waals surface area contributed by atoms with Crippen molar-refractivity contribution >= 4 is 23.2 Å². The van der Waals surface area contributed by atoms with Gasteiger partial charge in [-0.1, -0.05) is 24.3 Å². The fraction of sp³-hybridized carbons (Fsp3) is 0.346. The van der Waals surface area contributed by atoms with Crippen molar-refractivity contribution < 1.29 is 14.3 Å². The van der Waals surface area contributed by atoms with Crippen LogP contribution < -0.4 is 16.0 Å². The summed E-state index contributed by atoms with van der Waals surface area (Å²) in [4.78, 5) is 24.1. The summed E-state index contributed by atoms with van der Waals surface area (Å²) < 4.78 is 11.0. The van der Waals surface area contributed by atoms with Crippen molar-refractivity contribution in [2.45, 2.75) is 18.3 Å². The first-order valence-corrected chi connectivity index (χ1v) is 11.6. The van der Waals surface area contributed by atoms with Crippen molar-refractivity contribution in [2.75, 3.05) is 55.5 Å². The molecule has 8 heteroatoms. The fourth-order valence-electron chi connectivity index (χ4n) is 4.66. The molecular weight excluding hydrogens is 430 g/mol. The number of hydrogen-bond acceptors (Lipinski definition) is 7. The Morgan fingerprint density at radius 1 is 0.853 bits per heavy atom. The quantitative estimate of drug-likeness (QED) is 0.604. The van der Waals surface area contributed by atoms with Crippen molar-refractivity contribution in [2.24, 2.45) is 0 Å². The van der Waals surface area contributed by atoms with Crippen LogP contribution in [0.4, 0.5) is 17.3 Å². The Morgan fingerprint density at radius 2 is 1.47 bits per heavy atom. The number of benzene rings is 2. The van der Waals surface area contributed by atoms with Crippen LogP contribution in [0.2, 0.25) is 0 Å². The third kappa shape index (κ3) is 4.60. The van der Waals surface area contributed by atoms with Gasteiger partial charge in [0.25, 0.3) is 0 Å². The lowest BCUT2D eigenvalue weighted by Gasteiger charge is -2.36. The third-order valence-corrected chi connectivity index (χ3v) is 6.73. The number of morpholine rings is 1. The van der Waals surface area contributed by atoms with Crippen LogP contribution in [-0.4, -0.2) is 55.4 Å². The minimum absolute atomic E-state index is 0.00140. The Bertz CT molecular complexity index is 1100. The molecule has 1 aromatic heterocycles. The van der Waals surface area contributed by atoms with Crippen molar-refractivity contribution in [3.05, 3.63) is 66.5 Å². The van der Waals surface area contributed by atoms with Crippen LogP contribution in [0.15, 0.2) is 60.9 Å². The molecule has 2 saturated heterocycles. The van der Waals surface area contributed by atoms with Gasteiger partial charge in [0.05, 0.1) is 18.6 Å². The van der Waals surface area contributed by atoms with Gasteiger partial charge in [-0.2, -0.15) is 0 Å². The summed E-state index contributed by atoms with van der Waals surface area (Å²) in [6, 6.07) is 16.1. The highest BCUT2D eigenvalue weighted by molar-refractivity contribution is 5.99. The lowest BCUT2D eigenvalue weighted by atomic mass is 9.73. The minimum Gasteiger partial charge on any atom is -0.381 e. The monoisotopic (exact) mass is 459 g/mol. The summed E-state index contributed by atoms with van der Waals surface area (Å²) >= 11 is 0. The molecule has 2 aromatic carbocycles. The van der Waals surface area contributed by atoms with E-state index in [1.165, 1.54) is 0 Å².